The number of rotatable bonds is 0. The number of hydrogen-bond donors (Lipinski definition) is 0. The van der Waals surface area contributed by atoms with Gasteiger partial charge in [-0.25, -0.2) is 4.73 Å². The van der Waals surface area contributed by atoms with Crippen LogP contribution in [0.3, 0.4) is 0 Å². The first-order chi connectivity index (χ1) is 8.02. The molecule has 0 radical (unpaired) electrons. The van der Waals surface area contributed by atoms with Crippen molar-refractivity contribution >= 4 is 17.1 Å². The van der Waals surface area contributed by atoms with Crippen LogP contribution in [0.5, 0.6) is 0 Å². The second-order valence-electron chi connectivity index (χ2n) is 4.13. The molecule has 0 spiro atoms. The van der Waals surface area contributed by atoms with Crippen LogP contribution in [0.1, 0.15) is 0 Å². The molecule has 0 aliphatic heterocycles. The Kier molecular flexibility index (Phi) is 2.66. The number of pyridine rings is 1. The van der Waals surface area contributed by atoms with Crippen LogP contribution < -0.4 is 4.73 Å². The summed E-state index contributed by atoms with van der Waals surface area (Å²) in [5.74, 6) is 0.832. The van der Waals surface area contributed by atoms with E-state index >= 15 is 0 Å². The average molecular weight is 235 g/mol. The zero-order valence-electron chi connectivity index (χ0n) is 10.3. The Morgan fingerprint density at radius 1 is 1.47 bits per heavy atom. The molecule has 7 nitrogen and oxygen atoms in total. The van der Waals surface area contributed by atoms with E-state index in [1.54, 1.807) is 10.7 Å². The van der Waals surface area contributed by atoms with E-state index in [-0.39, 0.29) is 0 Å². The van der Waals surface area contributed by atoms with Gasteiger partial charge in [0.05, 0.1) is 34.4 Å². The van der Waals surface area contributed by atoms with Crippen molar-refractivity contribution in [2.24, 2.45) is 0 Å². The molecule has 0 fully saturated rings. The zero-order chi connectivity index (χ0) is 12.6. The maximum absolute atomic E-state index is 11.5. The highest BCUT2D eigenvalue weighted by molar-refractivity contribution is 5.85. The smallest absolute Gasteiger partial charge is 0.398 e. The highest BCUT2D eigenvalue weighted by atomic mass is 16.5. The fraction of sp³-hybridized carbons (Fsp3) is 0.400. The van der Waals surface area contributed by atoms with Crippen molar-refractivity contribution in [2.45, 2.75) is 0 Å². The molecule has 0 aromatic carbocycles. The third-order valence-corrected chi connectivity index (χ3v) is 2.36. The van der Waals surface area contributed by atoms with Crippen LogP contribution in [-0.2, 0) is 0 Å². The van der Waals surface area contributed by atoms with Crippen molar-refractivity contribution < 1.29 is 9.31 Å². The van der Waals surface area contributed by atoms with Gasteiger partial charge in [-0.05, 0) is 12.1 Å². The summed E-state index contributed by atoms with van der Waals surface area (Å²) in [7, 11) is 7.65. The summed E-state index contributed by atoms with van der Waals surface area (Å²) in [6.07, 6.45) is 1.41. The number of nitrogens with zero attached hydrogens (tertiary/aromatic N) is 6. The average Bonchev–Trinajstić information content (AvgIpc) is 2.63. The molecule has 0 N–H and O–H groups in total. The van der Waals surface area contributed by atoms with Gasteiger partial charge >= 0.3 is 11.6 Å². The van der Waals surface area contributed by atoms with E-state index in [2.05, 4.69) is 10.3 Å². The number of fused-ring (bicyclic) bond motifs is 1. The van der Waals surface area contributed by atoms with E-state index in [1.807, 2.05) is 43.7 Å². The lowest BCUT2D eigenvalue weighted by Crippen LogP contribution is -2.37. The SMILES string of the molecule is CN(C)C(n1nnc2c1ccc[n+]2[O-])=[N+](C)C. The summed E-state index contributed by atoms with van der Waals surface area (Å²) in [5, 5.41) is 19.4. The molecular formula is C10H15N6O+. The zero-order valence-corrected chi connectivity index (χ0v) is 10.3. The Hall–Kier alpha value is -2.18. The number of hydrogen-bond acceptors (Lipinski definition) is 3. The highest BCUT2D eigenvalue weighted by Crippen LogP contribution is 2.05. The van der Waals surface area contributed by atoms with E-state index in [0.29, 0.717) is 15.9 Å². The van der Waals surface area contributed by atoms with Crippen LogP contribution in [0.15, 0.2) is 18.3 Å². The standard InChI is InChI=1S/C10H15N6O/c1-13(2)10(14(3)4)16-8-6-5-7-15(17)9(8)11-12-16/h5-7H,1-4H3/q+1. The lowest BCUT2D eigenvalue weighted by molar-refractivity contribution is -0.579. The van der Waals surface area contributed by atoms with Gasteiger partial charge in [-0.3, -0.25) is 9.48 Å². The summed E-state index contributed by atoms with van der Waals surface area (Å²) in [6.45, 7) is 0. The lowest BCUT2D eigenvalue weighted by Gasteiger charge is -2.09. The Bertz CT molecular complexity index is 581. The number of aromatic nitrogens is 4. The molecule has 90 valence electrons. The van der Waals surface area contributed by atoms with Gasteiger partial charge in [0.15, 0.2) is 0 Å². The summed E-state index contributed by atoms with van der Waals surface area (Å²) in [5.41, 5.74) is 0.994. The molecule has 2 aromatic rings. The topological polar surface area (TPSA) is 63.9 Å². The highest BCUT2D eigenvalue weighted by Gasteiger charge is 2.25. The van der Waals surface area contributed by atoms with Gasteiger partial charge in [-0.15, -0.1) is 0 Å². The fourth-order valence-corrected chi connectivity index (χ4v) is 1.79. The van der Waals surface area contributed by atoms with Gasteiger partial charge in [0.1, 0.15) is 10.3 Å². The third kappa shape index (κ3) is 1.79. The summed E-state index contributed by atoms with van der Waals surface area (Å²) in [4.78, 5) is 1.91. The van der Waals surface area contributed by atoms with Crippen LogP contribution in [0.25, 0.3) is 11.2 Å². The van der Waals surface area contributed by atoms with Crippen molar-refractivity contribution in [3.8, 4) is 0 Å². The molecule has 2 rings (SSSR count). The van der Waals surface area contributed by atoms with Crippen LogP contribution in [-0.4, -0.2) is 58.6 Å². The van der Waals surface area contributed by atoms with Gasteiger partial charge in [-0.2, -0.15) is 0 Å². The van der Waals surface area contributed by atoms with Gasteiger partial charge in [-0.1, -0.05) is 4.68 Å². The predicted molar refractivity (Wildman–Crippen MR) is 62.7 cm³/mol. The predicted octanol–water partition coefficient (Wildman–Crippen LogP) is -0.897. The van der Waals surface area contributed by atoms with Crippen molar-refractivity contribution in [3.63, 3.8) is 0 Å². The Morgan fingerprint density at radius 2 is 2.18 bits per heavy atom. The first-order valence-corrected chi connectivity index (χ1v) is 5.18. The molecule has 0 saturated carbocycles. The summed E-state index contributed by atoms with van der Waals surface area (Å²) >= 11 is 0. The second-order valence-corrected chi connectivity index (χ2v) is 4.13. The molecular weight excluding hydrogens is 220 g/mol. The second kappa shape index (κ2) is 4.00. The molecule has 0 saturated heterocycles. The maximum atomic E-state index is 11.5. The van der Waals surface area contributed by atoms with Crippen molar-refractivity contribution in [1.82, 2.24) is 19.9 Å². The molecule has 0 aliphatic carbocycles. The van der Waals surface area contributed by atoms with E-state index in [0.717, 1.165) is 5.96 Å². The monoisotopic (exact) mass is 235 g/mol. The molecule has 0 atom stereocenters. The normalized spacial score (nSPS) is 10.6. The van der Waals surface area contributed by atoms with Crippen molar-refractivity contribution in [1.29, 1.82) is 0 Å². The van der Waals surface area contributed by atoms with Crippen molar-refractivity contribution in [2.75, 3.05) is 28.2 Å². The molecule has 0 amide bonds. The largest absolute Gasteiger partial charge is 0.710 e. The molecule has 7 heteroatoms. The van der Waals surface area contributed by atoms with Gasteiger partial charge in [0.25, 0.3) is 0 Å². The molecule has 17 heavy (non-hydrogen) atoms. The van der Waals surface area contributed by atoms with E-state index < -0.39 is 0 Å². The van der Waals surface area contributed by atoms with Crippen LogP contribution in [0.2, 0.25) is 0 Å². The van der Waals surface area contributed by atoms with Crippen LogP contribution in [0.4, 0.5) is 0 Å². The van der Waals surface area contributed by atoms with Crippen LogP contribution in [0, 0.1) is 5.21 Å². The van der Waals surface area contributed by atoms with Gasteiger partial charge in [0, 0.05) is 0 Å². The van der Waals surface area contributed by atoms with Crippen molar-refractivity contribution in [3.05, 3.63) is 23.5 Å². The Labute approximate surface area is 98.8 Å². The molecule has 2 heterocycles. The fourth-order valence-electron chi connectivity index (χ4n) is 1.79. The van der Waals surface area contributed by atoms with Gasteiger partial charge in [0.2, 0.25) is 5.52 Å². The lowest BCUT2D eigenvalue weighted by atomic mass is 10.4. The first kappa shape index (κ1) is 11.3. The quantitative estimate of drug-likeness (QED) is 0.257. The minimum atomic E-state index is 0.314. The summed E-state index contributed by atoms with van der Waals surface area (Å²) < 4.78 is 4.27. The minimum Gasteiger partial charge on any atom is -0.710 e. The van der Waals surface area contributed by atoms with Gasteiger partial charge < -0.3 is 5.21 Å². The minimum absolute atomic E-state index is 0.314. The maximum Gasteiger partial charge on any atom is 0.398 e. The summed E-state index contributed by atoms with van der Waals surface area (Å²) in [6, 6.07) is 3.49. The van der Waals surface area contributed by atoms with Crippen LogP contribution >= 0.6 is 0 Å². The van der Waals surface area contributed by atoms with E-state index in [1.165, 1.54) is 6.20 Å². The Morgan fingerprint density at radius 3 is 2.76 bits per heavy atom. The van der Waals surface area contributed by atoms with E-state index in [4.69, 9.17) is 0 Å². The first-order valence-electron chi connectivity index (χ1n) is 5.18. The third-order valence-electron chi connectivity index (χ3n) is 2.36. The Balaban J connectivity index is 2.72. The van der Waals surface area contributed by atoms with E-state index in [9.17, 15) is 5.21 Å². The molecule has 0 unspecified atom stereocenters. The molecule has 0 aliphatic rings. The molecule has 2 aromatic heterocycles. The molecule has 0 bridgehead atoms.